The van der Waals surface area contributed by atoms with E-state index in [9.17, 15) is 4.79 Å². The Balaban J connectivity index is 2.01. The van der Waals surface area contributed by atoms with E-state index in [0.717, 1.165) is 11.1 Å². The Hall–Kier alpha value is -2.43. The molecule has 2 heterocycles. The van der Waals surface area contributed by atoms with E-state index in [1.165, 1.54) is 0 Å². The first kappa shape index (κ1) is 12.0. The van der Waals surface area contributed by atoms with Gasteiger partial charge in [0, 0.05) is 12.4 Å². The van der Waals surface area contributed by atoms with Crippen LogP contribution in [0.4, 0.5) is 16.4 Å². The summed E-state index contributed by atoms with van der Waals surface area (Å²) in [5, 5.41) is 5.30. The van der Waals surface area contributed by atoms with Gasteiger partial charge in [-0.05, 0) is 49.2 Å². The fraction of sp³-hybridized carbons (Fsp3) is 0.154. The highest BCUT2D eigenvalue weighted by atomic mass is 16.2. The molecule has 0 unspecified atom stereocenters. The van der Waals surface area contributed by atoms with Crippen molar-refractivity contribution in [1.82, 2.24) is 9.97 Å². The molecule has 5 nitrogen and oxygen atoms in total. The molecule has 0 radical (unpaired) electrons. The molecule has 0 aliphatic rings. The summed E-state index contributed by atoms with van der Waals surface area (Å²) >= 11 is 0. The lowest BCUT2D eigenvalue weighted by atomic mass is 10.3. The van der Waals surface area contributed by atoms with Crippen LogP contribution in [-0.4, -0.2) is 16.0 Å². The van der Waals surface area contributed by atoms with Crippen molar-refractivity contribution in [2.24, 2.45) is 0 Å². The molecule has 0 fully saturated rings. The van der Waals surface area contributed by atoms with Crippen molar-refractivity contribution in [2.75, 3.05) is 10.6 Å². The Labute approximate surface area is 105 Å². The van der Waals surface area contributed by atoms with E-state index < -0.39 is 0 Å². The van der Waals surface area contributed by atoms with E-state index >= 15 is 0 Å². The molecule has 0 atom stereocenters. The van der Waals surface area contributed by atoms with Crippen LogP contribution in [0.2, 0.25) is 0 Å². The first-order valence-corrected chi connectivity index (χ1v) is 5.57. The SMILES string of the molecule is Cc1ccnc(NC(=O)Nc2cc(C)ccn2)c1. The lowest BCUT2D eigenvalue weighted by molar-refractivity contribution is 0.262. The molecule has 92 valence electrons. The van der Waals surface area contributed by atoms with Gasteiger partial charge in [-0.2, -0.15) is 0 Å². The fourth-order valence-corrected chi connectivity index (χ4v) is 1.47. The second-order valence-corrected chi connectivity index (χ2v) is 4.02. The summed E-state index contributed by atoms with van der Waals surface area (Å²) in [4.78, 5) is 19.8. The first-order valence-electron chi connectivity index (χ1n) is 5.57. The van der Waals surface area contributed by atoms with Crippen LogP contribution in [0.15, 0.2) is 36.7 Å². The van der Waals surface area contributed by atoms with Crippen LogP contribution in [0, 0.1) is 13.8 Å². The van der Waals surface area contributed by atoms with Crippen molar-refractivity contribution in [3.8, 4) is 0 Å². The summed E-state index contributed by atoms with van der Waals surface area (Å²) in [6, 6.07) is 6.97. The van der Waals surface area contributed by atoms with E-state index in [4.69, 9.17) is 0 Å². The third-order valence-corrected chi connectivity index (χ3v) is 2.31. The van der Waals surface area contributed by atoms with Crippen molar-refractivity contribution < 1.29 is 4.79 Å². The summed E-state index contributed by atoms with van der Waals surface area (Å²) in [5.74, 6) is 1.03. The monoisotopic (exact) mass is 242 g/mol. The molecule has 0 aromatic carbocycles. The van der Waals surface area contributed by atoms with Gasteiger partial charge in [0.15, 0.2) is 0 Å². The van der Waals surface area contributed by atoms with Crippen molar-refractivity contribution in [3.05, 3.63) is 47.8 Å². The zero-order valence-corrected chi connectivity index (χ0v) is 10.3. The lowest BCUT2D eigenvalue weighted by Crippen LogP contribution is -2.20. The molecule has 0 spiro atoms. The largest absolute Gasteiger partial charge is 0.326 e. The third kappa shape index (κ3) is 3.28. The van der Waals surface area contributed by atoms with Gasteiger partial charge in [-0.3, -0.25) is 10.6 Å². The Morgan fingerprint density at radius 1 is 0.944 bits per heavy atom. The Morgan fingerprint density at radius 3 is 1.78 bits per heavy atom. The molecular weight excluding hydrogens is 228 g/mol. The average molecular weight is 242 g/mol. The second-order valence-electron chi connectivity index (χ2n) is 4.02. The van der Waals surface area contributed by atoms with Crippen molar-refractivity contribution in [3.63, 3.8) is 0 Å². The highest BCUT2D eigenvalue weighted by Crippen LogP contribution is 2.08. The van der Waals surface area contributed by atoms with Crippen LogP contribution in [0.1, 0.15) is 11.1 Å². The Kier molecular flexibility index (Phi) is 3.52. The number of hydrogen-bond acceptors (Lipinski definition) is 3. The van der Waals surface area contributed by atoms with Gasteiger partial charge in [-0.25, -0.2) is 14.8 Å². The summed E-state index contributed by atoms with van der Waals surface area (Å²) in [6.07, 6.45) is 3.30. The summed E-state index contributed by atoms with van der Waals surface area (Å²) in [7, 11) is 0. The number of rotatable bonds is 2. The second kappa shape index (κ2) is 5.27. The molecule has 2 aromatic heterocycles. The minimum atomic E-state index is -0.355. The fourth-order valence-electron chi connectivity index (χ4n) is 1.47. The molecule has 2 N–H and O–H groups in total. The molecule has 2 amide bonds. The van der Waals surface area contributed by atoms with Gasteiger partial charge in [0.05, 0.1) is 0 Å². The predicted octanol–water partition coefficient (Wildman–Crippen LogP) is 2.74. The molecule has 5 heteroatoms. The van der Waals surface area contributed by atoms with E-state index in [-0.39, 0.29) is 6.03 Å². The smallest absolute Gasteiger partial charge is 0.292 e. The quantitative estimate of drug-likeness (QED) is 0.850. The maximum Gasteiger partial charge on any atom is 0.326 e. The Bertz CT molecular complexity index is 519. The number of amides is 2. The molecule has 0 aliphatic carbocycles. The number of nitrogens with zero attached hydrogens (tertiary/aromatic N) is 2. The maximum atomic E-state index is 11.7. The molecule has 18 heavy (non-hydrogen) atoms. The first-order chi connectivity index (χ1) is 8.63. The molecule has 0 aliphatic heterocycles. The zero-order chi connectivity index (χ0) is 13.0. The highest BCUT2D eigenvalue weighted by Gasteiger charge is 2.04. The van der Waals surface area contributed by atoms with Gasteiger partial charge >= 0.3 is 6.03 Å². The maximum absolute atomic E-state index is 11.7. The molecule has 0 saturated heterocycles. The van der Waals surface area contributed by atoms with E-state index in [1.807, 2.05) is 26.0 Å². The van der Waals surface area contributed by atoms with Gasteiger partial charge < -0.3 is 0 Å². The number of pyridine rings is 2. The summed E-state index contributed by atoms with van der Waals surface area (Å²) < 4.78 is 0. The molecular formula is C13H14N4O. The number of carbonyl (C=O) groups excluding carboxylic acids is 1. The number of urea groups is 1. The zero-order valence-electron chi connectivity index (χ0n) is 10.3. The van der Waals surface area contributed by atoms with Crippen molar-refractivity contribution >= 4 is 17.7 Å². The van der Waals surface area contributed by atoms with Gasteiger partial charge in [0.1, 0.15) is 11.6 Å². The molecule has 0 saturated carbocycles. The number of aryl methyl sites for hydroxylation is 2. The van der Waals surface area contributed by atoms with Gasteiger partial charge in [-0.15, -0.1) is 0 Å². The topological polar surface area (TPSA) is 66.9 Å². The number of hydrogen-bond donors (Lipinski definition) is 2. The molecule has 0 bridgehead atoms. The predicted molar refractivity (Wildman–Crippen MR) is 70.6 cm³/mol. The minimum absolute atomic E-state index is 0.355. The normalized spacial score (nSPS) is 9.89. The van der Waals surface area contributed by atoms with Crippen LogP contribution in [-0.2, 0) is 0 Å². The standard InChI is InChI=1S/C13H14N4O/c1-9-3-5-14-11(7-9)16-13(18)17-12-8-10(2)4-6-15-12/h3-8H,1-2H3,(H2,14,15,16,17,18). The van der Waals surface area contributed by atoms with Crippen LogP contribution < -0.4 is 10.6 Å². The van der Waals surface area contributed by atoms with Gasteiger partial charge in [-0.1, -0.05) is 0 Å². The Morgan fingerprint density at radius 2 is 1.39 bits per heavy atom. The highest BCUT2D eigenvalue weighted by molar-refractivity contribution is 5.98. The lowest BCUT2D eigenvalue weighted by Gasteiger charge is -2.07. The summed E-state index contributed by atoms with van der Waals surface area (Å²) in [5.41, 5.74) is 2.07. The van der Waals surface area contributed by atoms with Crippen LogP contribution >= 0.6 is 0 Å². The van der Waals surface area contributed by atoms with Crippen LogP contribution in [0.5, 0.6) is 0 Å². The van der Waals surface area contributed by atoms with Crippen molar-refractivity contribution in [2.45, 2.75) is 13.8 Å². The van der Waals surface area contributed by atoms with Gasteiger partial charge in [0.2, 0.25) is 0 Å². The average Bonchev–Trinajstić information content (AvgIpc) is 2.28. The van der Waals surface area contributed by atoms with E-state index in [0.29, 0.717) is 11.6 Å². The minimum Gasteiger partial charge on any atom is -0.292 e. The third-order valence-electron chi connectivity index (χ3n) is 2.31. The molecule has 2 rings (SSSR count). The number of anilines is 2. The number of nitrogens with one attached hydrogen (secondary N) is 2. The summed E-state index contributed by atoms with van der Waals surface area (Å²) in [6.45, 7) is 3.87. The van der Waals surface area contributed by atoms with Gasteiger partial charge in [0.25, 0.3) is 0 Å². The van der Waals surface area contributed by atoms with E-state index in [1.54, 1.807) is 24.5 Å². The van der Waals surface area contributed by atoms with Crippen LogP contribution in [0.25, 0.3) is 0 Å². The van der Waals surface area contributed by atoms with Crippen LogP contribution in [0.3, 0.4) is 0 Å². The van der Waals surface area contributed by atoms with Crippen molar-refractivity contribution in [1.29, 1.82) is 0 Å². The van der Waals surface area contributed by atoms with E-state index in [2.05, 4.69) is 20.6 Å². The number of carbonyl (C=O) groups is 1. The number of aromatic nitrogens is 2. The molecule has 2 aromatic rings.